The topological polar surface area (TPSA) is 168 Å². The number of rotatable bonds is 11. The third-order valence-corrected chi connectivity index (χ3v) is 24.9. The molecule has 132 heavy (non-hydrogen) atoms. The molecule has 0 saturated heterocycles. The number of pyridine rings is 13. The molecule has 0 amide bonds. The van der Waals surface area contributed by atoms with Crippen LogP contribution in [0.25, 0.3) is 254 Å². The molecule has 0 fully saturated rings. The second-order valence-corrected chi connectivity index (χ2v) is 33.0. The summed E-state index contributed by atoms with van der Waals surface area (Å²) in [7, 11) is 0. The largest absolute Gasteiger partial charge is 0.265 e. The van der Waals surface area contributed by atoms with Crippen LogP contribution in [0, 0.1) is 0 Å². The van der Waals surface area contributed by atoms with Crippen molar-refractivity contribution in [3.63, 3.8) is 0 Å². The van der Waals surface area contributed by atoms with Crippen LogP contribution in [-0.2, 0) is 0 Å². The van der Waals surface area contributed by atoms with Gasteiger partial charge in [-0.3, -0.25) is 24.9 Å². The van der Waals surface area contributed by atoms with Crippen LogP contribution in [0.4, 0.5) is 0 Å². The van der Waals surface area contributed by atoms with Gasteiger partial charge in [0.2, 0.25) is 0 Å². The van der Waals surface area contributed by atoms with Gasteiger partial charge in [0.15, 0.2) is 0 Å². The Bertz CT molecular complexity index is 8940. The molecular formula is C119H73N13. The maximum atomic E-state index is 5.23. The monoisotopic (exact) mass is 1680 g/mol. The zero-order chi connectivity index (χ0) is 87.4. The Morgan fingerprint density at radius 1 is 0.136 bits per heavy atom. The summed E-state index contributed by atoms with van der Waals surface area (Å²) in [5.41, 5.74) is 32.1. The van der Waals surface area contributed by atoms with Crippen molar-refractivity contribution in [2.45, 2.75) is 0 Å². The molecule has 0 aliphatic heterocycles. The lowest BCUT2D eigenvalue weighted by Gasteiger charge is -2.13. The Balaban J connectivity index is 0.000000112. The maximum absolute atomic E-state index is 5.23. The minimum Gasteiger partial charge on any atom is -0.265 e. The molecule has 0 bridgehead atoms. The van der Waals surface area contributed by atoms with Crippen LogP contribution >= 0.6 is 0 Å². The van der Waals surface area contributed by atoms with E-state index in [2.05, 4.69) is 340 Å². The van der Waals surface area contributed by atoms with E-state index in [1.54, 1.807) is 24.8 Å². The summed E-state index contributed by atoms with van der Waals surface area (Å²) in [5, 5.41) is 15.6. The van der Waals surface area contributed by atoms with Crippen LogP contribution in [0.5, 0.6) is 0 Å². The van der Waals surface area contributed by atoms with Crippen molar-refractivity contribution in [1.82, 2.24) is 64.8 Å². The molecule has 13 aromatic heterocycles. The molecular weight excluding hydrogens is 1610 g/mol. The molecule has 0 aliphatic carbocycles. The number of nitrogens with zero attached hydrogens (tertiary/aromatic N) is 13. The van der Waals surface area contributed by atoms with E-state index in [0.717, 1.165) is 254 Å². The fraction of sp³-hybridized carbons (Fsp3) is 0. The van der Waals surface area contributed by atoms with Crippen LogP contribution in [-0.4, -0.2) is 64.8 Å². The maximum Gasteiger partial charge on any atom is 0.0972 e. The van der Waals surface area contributed by atoms with Crippen molar-refractivity contribution in [3.05, 3.63) is 444 Å². The Kier molecular flexibility index (Phi) is 19.6. The molecule has 26 aromatic rings. The summed E-state index contributed by atoms with van der Waals surface area (Å²) in [6, 6.07) is 137. The molecule has 0 atom stereocenters. The number of hydrogen-bond donors (Lipinski definition) is 0. The first kappa shape index (κ1) is 77.5. The van der Waals surface area contributed by atoms with Crippen molar-refractivity contribution in [2.24, 2.45) is 0 Å². The van der Waals surface area contributed by atoms with Gasteiger partial charge in [0, 0.05) is 148 Å². The van der Waals surface area contributed by atoms with Crippen LogP contribution in [0.1, 0.15) is 0 Å². The van der Waals surface area contributed by atoms with E-state index in [4.69, 9.17) is 39.9 Å². The van der Waals surface area contributed by atoms with Gasteiger partial charge < -0.3 is 0 Å². The fourth-order valence-electron chi connectivity index (χ4n) is 18.0. The van der Waals surface area contributed by atoms with Crippen LogP contribution in [0.3, 0.4) is 0 Å². The lowest BCUT2D eigenvalue weighted by molar-refractivity contribution is 1.30. The van der Waals surface area contributed by atoms with Crippen molar-refractivity contribution in [1.29, 1.82) is 0 Å². The molecule has 0 unspecified atom stereocenters. The van der Waals surface area contributed by atoms with Gasteiger partial charge in [0.05, 0.1) is 101 Å². The van der Waals surface area contributed by atoms with Crippen molar-refractivity contribution in [3.8, 4) is 123 Å². The molecule has 13 aromatic carbocycles. The van der Waals surface area contributed by atoms with Gasteiger partial charge in [0.1, 0.15) is 0 Å². The SMILES string of the molecule is c1ccc(-c2ccc3ccc(-c4ccc5ccc(-c6ccncc6)nc5c4)cc3n2)cc1.c1cncc(-c2ccc3ccc(-c4ccc5ccc(-c6ccc(-c7ccc8ccc9cccnc9c8n7)c7ccccc67)nc5c4)cc3n2)c1.c1cncc(-c2ccc3ccc(-c4ccc5ccc(-c6ccc7cc(-c8ccc9ccc%10cccnc%10c9n8)ccc7c6)nc5c4)cc3n2)c1. The highest BCUT2D eigenvalue weighted by Gasteiger charge is 2.18. The average Bonchev–Trinajstić information content (AvgIpc) is 0.745. The Morgan fingerprint density at radius 2 is 0.409 bits per heavy atom. The number of benzene rings is 13. The molecule has 0 aliphatic rings. The lowest BCUT2D eigenvalue weighted by atomic mass is 9.95. The third-order valence-electron chi connectivity index (χ3n) is 24.9. The summed E-state index contributed by atoms with van der Waals surface area (Å²) in [4.78, 5) is 62.3. The van der Waals surface area contributed by atoms with Crippen LogP contribution in [0.15, 0.2) is 444 Å². The minimum atomic E-state index is 0.910. The molecule has 26 rings (SSSR count). The Labute approximate surface area is 757 Å². The molecule has 614 valence electrons. The summed E-state index contributed by atoms with van der Waals surface area (Å²) < 4.78 is 0. The summed E-state index contributed by atoms with van der Waals surface area (Å²) >= 11 is 0. The molecule has 0 spiro atoms. The normalized spacial score (nSPS) is 11.5. The van der Waals surface area contributed by atoms with E-state index in [0.29, 0.717) is 0 Å². The molecule has 13 heterocycles. The molecule has 0 saturated carbocycles. The number of fused-ring (bicyclic) bond motifs is 14. The van der Waals surface area contributed by atoms with Gasteiger partial charge in [-0.2, -0.15) is 0 Å². The predicted octanol–water partition coefficient (Wildman–Crippen LogP) is 29.4. The third kappa shape index (κ3) is 15.1. The molecule has 0 radical (unpaired) electrons. The minimum absolute atomic E-state index is 0.910. The highest BCUT2D eigenvalue weighted by molar-refractivity contribution is 6.09. The second-order valence-electron chi connectivity index (χ2n) is 33.0. The van der Waals surface area contributed by atoms with Crippen molar-refractivity contribution >= 4 is 131 Å². The van der Waals surface area contributed by atoms with Gasteiger partial charge in [-0.15, -0.1) is 0 Å². The van der Waals surface area contributed by atoms with E-state index in [9.17, 15) is 0 Å². The highest BCUT2D eigenvalue weighted by Crippen LogP contribution is 2.41. The summed E-state index contributed by atoms with van der Waals surface area (Å²) in [6.07, 6.45) is 14.5. The molecule has 13 heteroatoms. The average molecular weight is 1680 g/mol. The zero-order valence-electron chi connectivity index (χ0n) is 71.0. The van der Waals surface area contributed by atoms with Gasteiger partial charge in [0.25, 0.3) is 0 Å². The number of hydrogen-bond acceptors (Lipinski definition) is 13. The first-order valence-electron chi connectivity index (χ1n) is 43.9. The van der Waals surface area contributed by atoms with Crippen molar-refractivity contribution in [2.75, 3.05) is 0 Å². The quantitative estimate of drug-likeness (QED) is 0.112. The van der Waals surface area contributed by atoms with Crippen LogP contribution < -0.4 is 0 Å². The van der Waals surface area contributed by atoms with E-state index < -0.39 is 0 Å². The number of aromatic nitrogens is 13. The van der Waals surface area contributed by atoms with Gasteiger partial charge >= 0.3 is 0 Å². The van der Waals surface area contributed by atoms with E-state index in [1.807, 2.05) is 104 Å². The zero-order valence-corrected chi connectivity index (χ0v) is 71.0. The van der Waals surface area contributed by atoms with E-state index >= 15 is 0 Å². The smallest absolute Gasteiger partial charge is 0.0972 e. The molecule has 13 nitrogen and oxygen atoms in total. The Morgan fingerprint density at radius 3 is 0.795 bits per heavy atom. The summed E-state index contributed by atoms with van der Waals surface area (Å²) in [5.74, 6) is 0. The second kappa shape index (κ2) is 33.4. The fourth-order valence-corrected chi connectivity index (χ4v) is 18.0. The van der Waals surface area contributed by atoms with E-state index in [-0.39, 0.29) is 0 Å². The highest BCUT2D eigenvalue weighted by atomic mass is 14.8. The predicted molar refractivity (Wildman–Crippen MR) is 541 cm³/mol. The Hall–Kier alpha value is -18.1. The van der Waals surface area contributed by atoms with Gasteiger partial charge in [-0.1, -0.05) is 249 Å². The van der Waals surface area contributed by atoms with E-state index in [1.165, 1.54) is 0 Å². The summed E-state index contributed by atoms with van der Waals surface area (Å²) in [6.45, 7) is 0. The standard InChI is InChI=1S/2C45H27N5.C29H19N3/c1-4-38(27-46-21-1)41-19-16-29-6-10-35(26-43(29)49-41)34-9-5-28-15-18-39(48-42(28)25-34)36-13-11-33-24-37(14-12-32(33)23-36)40-20-17-31-8-7-30-3-2-22-47-44(30)45(31)50-40;1-2-8-36-35(7-1)37(18-19-38(36)41-22-17-31-12-11-30-5-4-24-47-44(30)45(31)50-41)40-21-16-29-10-14-33(26-43(29)49-40)32-13-9-28-15-20-39(48-42(28)25-32)34-6-3-23-46-27-34;1-2-4-20(5-3-1)26-12-10-21-6-8-24(18-28(21)31-26)25-9-7-22-11-13-27(32-29(22)19-25)23-14-16-30-17-15-23/h2*1-27H;1-19H. The van der Waals surface area contributed by atoms with Crippen LogP contribution in [0.2, 0.25) is 0 Å². The lowest BCUT2D eigenvalue weighted by Crippen LogP contribution is -1.92. The van der Waals surface area contributed by atoms with Gasteiger partial charge in [-0.25, -0.2) is 39.9 Å². The first-order chi connectivity index (χ1) is 65.3. The van der Waals surface area contributed by atoms with Crippen molar-refractivity contribution < 1.29 is 0 Å². The first-order valence-corrected chi connectivity index (χ1v) is 43.9. The molecule has 0 N–H and O–H groups in total. The van der Waals surface area contributed by atoms with Gasteiger partial charge in [-0.05, 0) is 201 Å².